The van der Waals surface area contributed by atoms with Crippen LogP contribution in [0, 0.1) is 17.7 Å². The maximum Gasteiger partial charge on any atom is 0.335 e. The average Bonchev–Trinajstić information content (AvgIpc) is 3.15. The first kappa shape index (κ1) is 13.0. The Kier molecular flexibility index (Phi) is 3.97. The second-order valence-corrected chi connectivity index (χ2v) is 5.06. The Bertz CT molecular complexity index is 443. The van der Waals surface area contributed by atoms with Gasteiger partial charge in [-0.15, -0.1) is 0 Å². The lowest BCUT2D eigenvalue weighted by molar-refractivity contribution is 0.0696. The molecule has 0 aliphatic heterocycles. The fraction of sp³-hybridized carbons (Fsp3) is 0.500. The monoisotopic (exact) mass is 251 g/mol. The number of carboxylic acid groups (broad SMARTS) is 1. The number of carbonyl (C=O) groups is 1. The normalized spacial score (nSPS) is 16.6. The summed E-state index contributed by atoms with van der Waals surface area (Å²) in [6.45, 7) is 3.42. The van der Waals surface area contributed by atoms with Crippen molar-refractivity contribution >= 4 is 5.97 Å². The molecular formula is C14H18FNO2. The molecule has 1 aliphatic rings. The summed E-state index contributed by atoms with van der Waals surface area (Å²) in [5.41, 5.74) is 0.543. The fourth-order valence-corrected chi connectivity index (χ4v) is 2.11. The number of hydrogen-bond acceptors (Lipinski definition) is 2. The van der Waals surface area contributed by atoms with Crippen molar-refractivity contribution < 1.29 is 14.3 Å². The molecule has 0 amide bonds. The maximum atomic E-state index is 13.5. The highest BCUT2D eigenvalue weighted by atomic mass is 19.1. The summed E-state index contributed by atoms with van der Waals surface area (Å²) < 4.78 is 13.5. The molecule has 1 atom stereocenters. The van der Waals surface area contributed by atoms with Crippen LogP contribution in [0.25, 0.3) is 0 Å². The van der Waals surface area contributed by atoms with Gasteiger partial charge in [-0.3, -0.25) is 0 Å². The van der Waals surface area contributed by atoms with E-state index in [2.05, 4.69) is 12.2 Å². The molecule has 0 heterocycles. The maximum absolute atomic E-state index is 13.5. The Morgan fingerprint density at radius 1 is 1.56 bits per heavy atom. The molecule has 1 aromatic carbocycles. The van der Waals surface area contributed by atoms with E-state index in [-0.39, 0.29) is 11.4 Å². The topological polar surface area (TPSA) is 49.3 Å². The van der Waals surface area contributed by atoms with Gasteiger partial charge in [0.25, 0.3) is 0 Å². The van der Waals surface area contributed by atoms with E-state index in [0.717, 1.165) is 12.5 Å². The van der Waals surface area contributed by atoms with Gasteiger partial charge in [-0.25, -0.2) is 9.18 Å². The van der Waals surface area contributed by atoms with Gasteiger partial charge in [0, 0.05) is 12.1 Å². The van der Waals surface area contributed by atoms with Crippen LogP contribution in [0.5, 0.6) is 0 Å². The minimum atomic E-state index is -1.03. The number of rotatable bonds is 6. The van der Waals surface area contributed by atoms with Gasteiger partial charge >= 0.3 is 5.97 Å². The molecule has 1 fully saturated rings. The zero-order chi connectivity index (χ0) is 13.1. The molecule has 4 heteroatoms. The predicted molar refractivity (Wildman–Crippen MR) is 67.0 cm³/mol. The zero-order valence-corrected chi connectivity index (χ0v) is 10.4. The van der Waals surface area contributed by atoms with Crippen molar-refractivity contribution in [2.45, 2.75) is 26.3 Å². The molecule has 1 saturated carbocycles. The molecule has 1 aliphatic carbocycles. The summed E-state index contributed by atoms with van der Waals surface area (Å²) in [5, 5.41) is 12.0. The second kappa shape index (κ2) is 5.48. The molecule has 98 valence electrons. The zero-order valence-electron chi connectivity index (χ0n) is 10.4. The first-order valence-electron chi connectivity index (χ1n) is 6.30. The number of halogens is 1. The summed E-state index contributed by atoms with van der Waals surface area (Å²) in [6, 6.07) is 3.89. The Balaban J connectivity index is 1.91. The van der Waals surface area contributed by atoms with Crippen LogP contribution >= 0.6 is 0 Å². The first-order chi connectivity index (χ1) is 8.58. The molecule has 2 rings (SSSR count). The third-order valence-corrected chi connectivity index (χ3v) is 3.50. The van der Waals surface area contributed by atoms with E-state index < -0.39 is 5.97 Å². The highest BCUT2D eigenvalue weighted by molar-refractivity contribution is 5.87. The molecule has 18 heavy (non-hydrogen) atoms. The van der Waals surface area contributed by atoms with Crippen LogP contribution in [0.3, 0.4) is 0 Å². The third-order valence-electron chi connectivity index (χ3n) is 3.50. The quantitative estimate of drug-likeness (QED) is 0.817. The SMILES string of the molecule is CC(CNCc1cc(C(=O)O)ccc1F)C1CC1. The van der Waals surface area contributed by atoms with E-state index in [9.17, 15) is 9.18 Å². The van der Waals surface area contributed by atoms with Crippen LogP contribution in [-0.2, 0) is 6.54 Å². The summed E-state index contributed by atoms with van der Waals surface area (Å²) in [7, 11) is 0. The van der Waals surface area contributed by atoms with Crippen molar-refractivity contribution in [1.82, 2.24) is 5.32 Å². The van der Waals surface area contributed by atoms with Crippen molar-refractivity contribution in [3.8, 4) is 0 Å². The Morgan fingerprint density at radius 3 is 2.89 bits per heavy atom. The summed E-state index contributed by atoms with van der Waals surface area (Å²) in [6.07, 6.45) is 2.59. The lowest BCUT2D eigenvalue weighted by Gasteiger charge is -2.12. The predicted octanol–water partition coefficient (Wildman–Crippen LogP) is 2.66. The van der Waals surface area contributed by atoms with E-state index in [0.29, 0.717) is 18.0 Å². The van der Waals surface area contributed by atoms with Gasteiger partial charge in [0.05, 0.1) is 5.56 Å². The summed E-state index contributed by atoms with van der Waals surface area (Å²) in [5.74, 6) is 0.0394. The van der Waals surface area contributed by atoms with Crippen molar-refractivity contribution in [2.24, 2.45) is 11.8 Å². The van der Waals surface area contributed by atoms with Gasteiger partial charge in [-0.1, -0.05) is 6.92 Å². The van der Waals surface area contributed by atoms with Crippen molar-refractivity contribution in [3.63, 3.8) is 0 Å². The number of hydrogen-bond donors (Lipinski definition) is 2. The van der Waals surface area contributed by atoms with Crippen molar-refractivity contribution in [1.29, 1.82) is 0 Å². The van der Waals surface area contributed by atoms with Crippen LogP contribution in [-0.4, -0.2) is 17.6 Å². The van der Waals surface area contributed by atoms with Gasteiger partial charge in [0.1, 0.15) is 5.82 Å². The number of nitrogens with one attached hydrogen (secondary N) is 1. The van der Waals surface area contributed by atoms with Crippen LogP contribution < -0.4 is 5.32 Å². The largest absolute Gasteiger partial charge is 0.478 e. The molecule has 0 aromatic heterocycles. The Hall–Kier alpha value is -1.42. The molecule has 0 bridgehead atoms. The van der Waals surface area contributed by atoms with Crippen LogP contribution in [0.1, 0.15) is 35.7 Å². The molecule has 3 nitrogen and oxygen atoms in total. The van der Waals surface area contributed by atoms with Gasteiger partial charge in [-0.2, -0.15) is 0 Å². The standard InChI is InChI=1S/C14H18FNO2/c1-9(10-2-3-10)7-16-8-12-6-11(14(17)18)4-5-13(12)15/h4-6,9-10,16H,2-3,7-8H2,1H3,(H,17,18). The van der Waals surface area contributed by atoms with Crippen molar-refractivity contribution in [3.05, 3.63) is 35.1 Å². The summed E-state index contributed by atoms with van der Waals surface area (Å²) in [4.78, 5) is 10.8. The van der Waals surface area contributed by atoms with Gasteiger partial charge in [-0.05, 0) is 49.4 Å². The van der Waals surface area contributed by atoms with Gasteiger partial charge in [0.15, 0.2) is 0 Å². The second-order valence-electron chi connectivity index (χ2n) is 5.06. The average molecular weight is 251 g/mol. The molecule has 0 saturated heterocycles. The van der Waals surface area contributed by atoms with E-state index in [4.69, 9.17) is 5.11 Å². The Labute approximate surface area is 106 Å². The fourth-order valence-electron chi connectivity index (χ4n) is 2.11. The number of aromatic carboxylic acids is 1. The molecular weight excluding hydrogens is 233 g/mol. The first-order valence-corrected chi connectivity index (χ1v) is 6.30. The highest BCUT2D eigenvalue weighted by Crippen LogP contribution is 2.36. The lowest BCUT2D eigenvalue weighted by Crippen LogP contribution is -2.22. The highest BCUT2D eigenvalue weighted by Gasteiger charge is 2.27. The molecule has 0 radical (unpaired) electrons. The van der Waals surface area contributed by atoms with Gasteiger partial charge < -0.3 is 10.4 Å². The molecule has 1 unspecified atom stereocenters. The number of benzene rings is 1. The molecule has 2 N–H and O–H groups in total. The third kappa shape index (κ3) is 3.29. The van der Waals surface area contributed by atoms with Crippen LogP contribution in [0.15, 0.2) is 18.2 Å². The van der Waals surface area contributed by atoms with Crippen LogP contribution in [0.4, 0.5) is 4.39 Å². The van der Waals surface area contributed by atoms with E-state index in [1.165, 1.54) is 31.0 Å². The minimum Gasteiger partial charge on any atom is -0.478 e. The van der Waals surface area contributed by atoms with Crippen molar-refractivity contribution in [2.75, 3.05) is 6.54 Å². The van der Waals surface area contributed by atoms with E-state index >= 15 is 0 Å². The Morgan fingerprint density at radius 2 is 2.28 bits per heavy atom. The lowest BCUT2D eigenvalue weighted by atomic mass is 10.1. The van der Waals surface area contributed by atoms with Gasteiger partial charge in [0.2, 0.25) is 0 Å². The minimum absolute atomic E-state index is 0.128. The molecule has 1 aromatic rings. The van der Waals surface area contributed by atoms with E-state index in [1.54, 1.807) is 0 Å². The van der Waals surface area contributed by atoms with E-state index in [1.807, 2.05) is 0 Å². The molecule has 0 spiro atoms. The number of carboxylic acids is 1. The van der Waals surface area contributed by atoms with Crippen LogP contribution in [0.2, 0.25) is 0 Å². The summed E-state index contributed by atoms with van der Waals surface area (Å²) >= 11 is 0. The smallest absolute Gasteiger partial charge is 0.335 e.